The minimum atomic E-state index is -0.414. The molecule has 5 N–H and O–H groups in total. The second kappa shape index (κ2) is 5.72. The summed E-state index contributed by atoms with van der Waals surface area (Å²) in [6, 6.07) is 6.90. The molecular formula is C14H9N7O2S2. The number of aromatic nitrogens is 6. The summed E-state index contributed by atoms with van der Waals surface area (Å²) >= 11 is 10.2. The highest BCUT2D eigenvalue weighted by molar-refractivity contribution is 7.81. The maximum atomic E-state index is 12.1. The van der Waals surface area contributed by atoms with Gasteiger partial charge in [-0.25, -0.2) is 4.98 Å². The number of H-pyrrole nitrogens is 4. The molecule has 0 aliphatic heterocycles. The average molecular weight is 371 g/mol. The van der Waals surface area contributed by atoms with E-state index in [-0.39, 0.29) is 32.6 Å². The van der Waals surface area contributed by atoms with Crippen LogP contribution in [0.3, 0.4) is 0 Å². The number of anilines is 1. The largest absolute Gasteiger partial charge is 0.325 e. The molecule has 0 saturated carbocycles. The van der Waals surface area contributed by atoms with Gasteiger partial charge in [0.1, 0.15) is 10.5 Å². The first-order chi connectivity index (χ1) is 12.0. The molecule has 4 aromatic rings. The summed E-state index contributed by atoms with van der Waals surface area (Å²) in [4.78, 5) is 43.3. The van der Waals surface area contributed by atoms with Gasteiger partial charge in [0.15, 0.2) is 16.2 Å². The highest BCUT2D eigenvalue weighted by Crippen LogP contribution is 2.08. The van der Waals surface area contributed by atoms with Gasteiger partial charge in [-0.15, -0.1) is 0 Å². The number of benzene rings is 1. The molecule has 0 aliphatic carbocycles. The number of nitrogens with one attached hydrogen (secondary N) is 5. The van der Waals surface area contributed by atoms with Gasteiger partial charge in [-0.1, -0.05) is 24.4 Å². The lowest BCUT2D eigenvalue weighted by Gasteiger charge is -2.07. The van der Waals surface area contributed by atoms with Gasteiger partial charge >= 0.3 is 0 Å². The smallest absolute Gasteiger partial charge is 0.278 e. The number of hydrogen-bond acceptors (Lipinski definition) is 6. The quantitative estimate of drug-likeness (QED) is 0.335. The summed E-state index contributed by atoms with van der Waals surface area (Å²) in [5.74, 6) is 0.270. The van der Waals surface area contributed by atoms with Crippen molar-refractivity contribution in [3.63, 3.8) is 0 Å². The summed E-state index contributed by atoms with van der Waals surface area (Å²) in [5.41, 5.74) is 0.314. The molecule has 0 atom stereocenters. The molecule has 0 aliphatic rings. The molecule has 0 radical (unpaired) electrons. The summed E-state index contributed by atoms with van der Waals surface area (Å²) < 4.78 is 0.285. The first kappa shape index (κ1) is 15.4. The van der Waals surface area contributed by atoms with Crippen molar-refractivity contribution in [1.29, 1.82) is 0 Å². The van der Waals surface area contributed by atoms with Crippen LogP contribution in [-0.4, -0.2) is 34.9 Å². The number of imidazole rings is 1. The molecule has 0 spiro atoms. The van der Waals surface area contributed by atoms with E-state index >= 15 is 0 Å². The van der Waals surface area contributed by atoms with Crippen LogP contribution in [0.1, 0.15) is 5.82 Å². The number of nitrogens with zero attached hydrogens (tertiary/aromatic N) is 2. The molecule has 3 aromatic heterocycles. The molecular weight excluding hydrogens is 362 g/mol. The molecule has 3 heterocycles. The van der Waals surface area contributed by atoms with Crippen LogP contribution in [0.25, 0.3) is 22.1 Å². The molecule has 1 aromatic carbocycles. The third-order valence-electron chi connectivity index (χ3n) is 3.45. The monoisotopic (exact) mass is 371 g/mol. The van der Waals surface area contributed by atoms with Crippen LogP contribution in [-0.2, 0) is 0 Å². The van der Waals surface area contributed by atoms with E-state index in [2.05, 4.69) is 35.2 Å². The molecule has 0 amide bonds. The molecule has 4 rings (SSSR count). The van der Waals surface area contributed by atoms with Crippen LogP contribution in [0.5, 0.6) is 0 Å². The molecule has 124 valence electrons. The zero-order chi connectivity index (χ0) is 17.6. The molecule has 0 bridgehead atoms. The maximum Gasteiger partial charge on any atom is 0.278 e. The van der Waals surface area contributed by atoms with E-state index in [9.17, 15) is 9.59 Å². The van der Waals surface area contributed by atoms with Crippen molar-refractivity contribution in [2.75, 3.05) is 5.32 Å². The van der Waals surface area contributed by atoms with Crippen molar-refractivity contribution in [3.8, 4) is 0 Å². The van der Waals surface area contributed by atoms with Gasteiger partial charge in [0.25, 0.3) is 11.1 Å². The maximum absolute atomic E-state index is 12.1. The van der Waals surface area contributed by atoms with Gasteiger partial charge in [-0.05, 0) is 24.4 Å². The zero-order valence-corrected chi connectivity index (χ0v) is 14.0. The van der Waals surface area contributed by atoms with E-state index in [0.29, 0.717) is 16.6 Å². The third-order valence-corrected chi connectivity index (χ3v) is 3.95. The highest BCUT2D eigenvalue weighted by atomic mass is 32.1. The molecule has 0 saturated heterocycles. The van der Waals surface area contributed by atoms with Crippen LogP contribution in [0.15, 0.2) is 33.9 Å². The Bertz CT molecular complexity index is 1310. The summed E-state index contributed by atoms with van der Waals surface area (Å²) in [6.45, 7) is 0. The van der Waals surface area contributed by atoms with Crippen molar-refractivity contribution >= 4 is 57.4 Å². The van der Waals surface area contributed by atoms with Gasteiger partial charge in [-0.3, -0.25) is 14.6 Å². The third kappa shape index (κ3) is 2.75. The lowest BCUT2D eigenvalue weighted by molar-refractivity contribution is 1.13. The van der Waals surface area contributed by atoms with Crippen molar-refractivity contribution in [3.05, 3.63) is 55.6 Å². The van der Waals surface area contributed by atoms with Gasteiger partial charge in [0.05, 0.1) is 10.9 Å². The van der Waals surface area contributed by atoms with Crippen molar-refractivity contribution < 1.29 is 0 Å². The normalized spacial score (nSPS) is 11.0. The van der Waals surface area contributed by atoms with E-state index in [1.807, 2.05) is 0 Å². The topological polar surface area (TPSA) is 135 Å². The fourth-order valence-corrected chi connectivity index (χ4v) is 2.74. The Morgan fingerprint density at radius 2 is 1.80 bits per heavy atom. The Balaban J connectivity index is 1.74. The first-order valence-corrected chi connectivity index (χ1v) is 7.85. The van der Waals surface area contributed by atoms with Crippen LogP contribution < -0.4 is 16.4 Å². The Morgan fingerprint density at radius 3 is 2.64 bits per heavy atom. The molecule has 9 nitrogen and oxygen atoms in total. The summed E-state index contributed by atoms with van der Waals surface area (Å²) in [7, 11) is 0. The molecule has 0 unspecified atom stereocenters. The van der Waals surface area contributed by atoms with E-state index in [1.165, 1.54) is 0 Å². The van der Waals surface area contributed by atoms with Gasteiger partial charge < -0.3 is 20.3 Å². The second-order valence-electron chi connectivity index (χ2n) is 5.10. The Kier molecular flexibility index (Phi) is 3.51. The van der Waals surface area contributed by atoms with Crippen molar-refractivity contribution in [2.24, 2.45) is 0 Å². The van der Waals surface area contributed by atoms with Crippen LogP contribution in [0, 0.1) is 4.77 Å². The number of para-hydroxylation sites is 1. The predicted octanol–water partition coefficient (Wildman–Crippen LogP) is 1.33. The van der Waals surface area contributed by atoms with Gasteiger partial charge in [0, 0.05) is 0 Å². The number of aromatic amines is 4. The lowest BCUT2D eigenvalue weighted by Crippen LogP contribution is -2.22. The summed E-state index contributed by atoms with van der Waals surface area (Å²) in [5, 5.41) is 3.22. The Labute approximate surface area is 148 Å². The highest BCUT2D eigenvalue weighted by Gasteiger charge is 2.11. The van der Waals surface area contributed by atoms with Crippen LogP contribution >= 0.6 is 24.4 Å². The minimum absolute atomic E-state index is 0.101. The fourth-order valence-electron chi connectivity index (χ4n) is 2.35. The van der Waals surface area contributed by atoms with Crippen molar-refractivity contribution in [2.45, 2.75) is 0 Å². The minimum Gasteiger partial charge on any atom is -0.325 e. The predicted molar refractivity (Wildman–Crippen MR) is 99.6 cm³/mol. The summed E-state index contributed by atoms with van der Waals surface area (Å²) in [6.07, 6.45) is 0. The molecule has 0 fully saturated rings. The van der Waals surface area contributed by atoms with Crippen molar-refractivity contribution in [1.82, 2.24) is 29.9 Å². The number of fused-ring (bicyclic) bond motifs is 2. The van der Waals surface area contributed by atoms with E-state index in [0.717, 1.165) is 0 Å². The average Bonchev–Trinajstić information content (AvgIpc) is 2.96. The van der Waals surface area contributed by atoms with Crippen LogP contribution in [0.2, 0.25) is 0 Å². The fraction of sp³-hybridized carbons (Fsp3) is 0. The number of hydrogen-bond donors (Lipinski definition) is 5. The first-order valence-electron chi connectivity index (χ1n) is 7.04. The Morgan fingerprint density at radius 1 is 1.00 bits per heavy atom. The second-order valence-corrected chi connectivity index (χ2v) is 5.92. The zero-order valence-electron chi connectivity index (χ0n) is 12.3. The van der Waals surface area contributed by atoms with E-state index in [1.54, 1.807) is 24.3 Å². The Hall–Kier alpha value is -3.18. The standard InChI is InChI=1S/C14H9N7O2S2/c22-10-5-3-1-2-4-6(5)15-9(17-10)12(24)21-13-18-8-7(11(23)20-13)16-14(25)19-8/h1-4H,(H,15,17,22)(H4,16,18,19,20,21,23,24,25). The molecule has 25 heavy (non-hydrogen) atoms. The van der Waals surface area contributed by atoms with E-state index in [4.69, 9.17) is 24.4 Å². The van der Waals surface area contributed by atoms with Gasteiger partial charge in [0.2, 0.25) is 5.95 Å². The van der Waals surface area contributed by atoms with E-state index < -0.39 is 5.56 Å². The molecule has 11 heteroatoms. The van der Waals surface area contributed by atoms with Crippen LogP contribution in [0.4, 0.5) is 5.95 Å². The number of thiocarbonyl (C=S) groups is 1. The van der Waals surface area contributed by atoms with Gasteiger partial charge in [-0.2, -0.15) is 4.98 Å². The number of rotatable bonds is 2. The lowest BCUT2D eigenvalue weighted by atomic mass is 10.2. The SMILES string of the molecule is O=c1[nH]c(C(=S)Nc2nc3[nH]c(=S)[nH]c3c(=O)[nH]2)nc2ccccc12.